The van der Waals surface area contributed by atoms with E-state index >= 15 is 0 Å². The number of hydrazone groups is 1. The molecule has 35 heavy (non-hydrogen) atoms. The van der Waals surface area contributed by atoms with Gasteiger partial charge in [0, 0.05) is 39.3 Å². The number of carbonyl (C=O) groups is 1. The van der Waals surface area contributed by atoms with Gasteiger partial charge < -0.3 is 10.7 Å². The van der Waals surface area contributed by atoms with Crippen LogP contribution in [0.4, 0.5) is 11.4 Å². The lowest BCUT2D eigenvalue weighted by Crippen LogP contribution is -2.36. The zero-order valence-electron chi connectivity index (χ0n) is 19.5. The SMILES string of the molecule is Cc1cc(Cl)ccc1NC(=O)/C(=N/NC(C)(C)C)[C@@H](C#N)c1nc(-c2ccc([N+](=O)[O-])cc2)cs1. The first-order valence-corrected chi connectivity index (χ1v) is 11.8. The fourth-order valence-corrected chi connectivity index (χ4v) is 4.07. The number of nitrogens with one attached hydrogen (secondary N) is 2. The van der Waals surface area contributed by atoms with Crippen molar-refractivity contribution < 1.29 is 9.72 Å². The molecule has 0 saturated heterocycles. The fraction of sp³-hybridized carbons (Fsp3) is 0.250. The summed E-state index contributed by atoms with van der Waals surface area (Å²) in [6.07, 6.45) is 0. The Hall–Kier alpha value is -3.81. The Morgan fingerprint density at radius 1 is 1.26 bits per heavy atom. The van der Waals surface area contributed by atoms with E-state index in [4.69, 9.17) is 11.6 Å². The number of aromatic nitrogens is 1. The van der Waals surface area contributed by atoms with Crippen molar-refractivity contribution in [2.24, 2.45) is 5.10 Å². The molecule has 0 aliphatic carbocycles. The van der Waals surface area contributed by atoms with E-state index in [1.165, 1.54) is 23.5 Å². The monoisotopic (exact) mass is 510 g/mol. The average molecular weight is 511 g/mol. The molecule has 11 heteroatoms. The van der Waals surface area contributed by atoms with Crippen molar-refractivity contribution in [3.63, 3.8) is 0 Å². The second kappa shape index (κ2) is 10.6. The molecule has 0 aliphatic heterocycles. The fourth-order valence-electron chi connectivity index (χ4n) is 2.97. The van der Waals surface area contributed by atoms with Gasteiger partial charge in [0.25, 0.3) is 11.6 Å². The normalized spacial score (nSPS) is 12.5. The van der Waals surface area contributed by atoms with Crippen LogP contribution in [-0.4, -0.2) is 27.1 Å². The third-order valence-corrected chi connectivity index (χ3v) is 5.87. The number of thiazole rings is 1. The summed E-state index contributed by atoms with van der Waals surface area (Å²) >= 11 is 7.22. The number of non-ortho nitro benzene ring substituents is 1. The van der Waals surface area contributed by atoms with Crippen LogP contribution in [-0.2, 0) is 4.79 Å². The first-order valence-electron chi connectivity index (χ1n) is 10.5. The Labute approximate surface area is 211 Å². The predicted octanol–water partition coefficient (Wildman–Crippen LogP) is 5.67. The van der Waals surface area contributed by atoms with Crippen LogP contribution in [0, 0.1) is 28.4 Å². The van der Waals surface area contributed by atoms with Crippen LogP contribution in [0.1, 0.15) is 37.3 Å². The average Bonchev–Trinajstić information content (AvgIpc) is 3.27. The Morgan fingerprint density at radius 3 is 2.51 bits per heavy atom. The lowest BCUT2D eigenvalue weighted by atomic mass is 10.0. The lowest BCUT2D eigenvalue weighted by Gasteiger charge is -2.20. The topological polar surface area (TPSA) is 133 Å². The third-order valence-electron chi connectivity index (χ3n) is 4.73. The molecule has 0 fully saturated rings. The van der Waals surface area contributed by atoms with Crippen LogP contribution in [0.3, 0.4) is 0 Å². The van der Waals surface area contributed by atoms with Gasteiger partial charge >= 0.3 is 0 Å². The first kappa shape index (κ1) is 25.8. The summed E-state index contributed by atoms with van der Waals surface area (Å²) < 4.78 is 0. The van der Waals surface area contributed by atoms with Crippen molar-refractivity contribution in [1.82, 2.24) is 10.4 Å². The molecular formula is C24H23ClN6O3S. The highest BCUT2D eigenvalue weighted by Crippen LogP contribution is 2.29. The van der Waals surface area contributed by atoms with Gasteiger partial charge in [0.1, 0.15) is 16.6 Å². The Balaban J connectivity index is 1.95. The molecule has 3 rings (SSSR count). The van der Waals surface area contributed by atoms with Crippen molar-refractivity contribution >= 4 is 45.9 Å². The van der Waals surface area contributed by atoms with Crippen LogP contribution in [0.2, 0.25) is 5.02 Å². The van der Waals surface area contributed by atoms with Gasteiger partial charge in [0.05, 0.1) is 16.7 Å². The number of benzene rings is 2. The van der Waals surface area contributed by atoms with Crippen molar-refractivity contribution in [2.45, 2.75) is 39.2 Å². The molecule has 180 valence electrons. The number of nitro benzene ring substituents is 1. The first-order chi connectivity index (χ1) is 16.5. The number of amides is 1. The Kier molecular flexibility index (Phi) is 7.84. The zero-order valence-corrected chi connectivity index (χ0v) is 21.1. The molecule has 0 spiro atoms. The number of hydrogen-bond donors (Lipinski definition) is 2. The molecule has 1 amide bonds. The lowest BCUT2D eigenvalue weighted by molar-refractivity contribution is -0.384. The third kappa shape index (κ3) is 6.62. The number of halogens is 1. The van der Waals surface area contributed by atoms with Crippen LogP contribution in [0.5, 0.6) is 0 Å². The summed E-state index contributed by atoms with van der Waals surface area (Å²) in [6, 6.07) is 13.2. The van der Waals surface area contributed by atoms with E-state index in [0.717, 1.165) is 5.56 Å². The van der Waals surface area contributed by atoms with Crippen LogP contribution in [0.15, 0.2) is 52.9 Å². The molecule has 2 N–H and O–H groups in total. The molecule has 1 heterocycles. The largest absolute Gasteiger partial charge is 0.321 e. The van der Waals surface area contributed by atoms with E-state index in [2.05, 4.69) is 26.9 Å². The minimum absolute atomic E-state index is 0.0315. The predicted molar refractivity (Wildman–Crippen MR) is 138 cm³/mol. The Morgan fingerprint density at radius 2 is 1.94 bits per heavy atom. The zero-order chi connectivity index (χ0) is 25.8. The number of nitro groups is 1. The molecular weight excluding hydrogens is 488 g/mol. The van der Waals surface area contributed by atoms with Crippen LogP contribution < -0.4 is 10.7 Å². The van der Waals surface area contributed by atoms with Crippen molar-refractivity contribution in [1.29, 1.82) is 5.26 Å². The molecule has 0 unspecified atom stereocenters. The molecule has 9 nitrogen and oxygen atoms in total. The highest BCUT2D eigenvalue weighted by Gasteiger charge is 2.29. The van der Waals surface area contributed by atoms with E-state index in [1.807, 2.05) is 27.7 Å². The van der Waals surface area contributed by atoms with Gasteiger partial charge in [-0.3, -0.25) is 14.9 Å². The van der Waals surface area contributed by atoms with E-state index in [0.29, 0.717) is 27.0 Å². The van der Waals surface area contributed by atoms with Gasteiger partial charge in [-0.2, -0.15) is 10.4 Å². The molecule has 1 aromatic heterocycles. The number of anilines is 1. The Bertz CT molecular complexity index is 1320. The smallest absolute Gasteiger partial charge is 0.273 e. The molecule has 1 atom stereocenters. The van der Waals surface area contributed by atoms with Crippen molar-refractivity contribution in [2.75, 3.05) is 5.32 Å². The van der Waals surface area contributed by atoms with Crippen LogP contribution >= 0.6 is 22.9 Å². The molecule has 3 aromatic rings. The quantitative estimate of drug-likeness (QED) is 0.239. The van der Waals surface area contributed by atoms with Crippen LogP contribution in [0.25, 0.3) is 11.3 Å². The number of aryl methyl sites for hydroxylation is 1. The summed E-state index contributed by atoms with van der Waals surface area (Å²) in [7, 11) is 0. The summed E-state index contributed by atoms with van der Waals surface area (Å²) in [4.78, 5) is 28.2. The standard InChI is InChI=1S/C24H23ClN6O3S/c1-14-11-16(25)7-10-19(14)27-22(32)21(29-30-24(2,3)4)18(12-26)23-28-20(13-35-23)15-5-8-17(9-6-15)31(33)34/h5-11,13,18,30H,1-4H3,(H,27,32)/b29-21+/t18-/m1/s1. The number of carbonyl (C=O) groups excluding carboxylic acids is 1. The van der Waals surface area contributed by atoms with Gasteiger partial charge in [-0.15, -0.1) is 11.3 Å². The van der Waals surface area contributed by atoms with Gasteiger partial charge in [-0.25, -0.2) is 4.98 Å². The van der Waals surface area contributed by atoms with E-state index < -0.39 is 22.3 Å². The van der Waals surface area contributed by atoms with Gasteiger partial charge in [0.15, 0.2) is 0 Å². The highest BCUT2D eigenvalue weighted by atomic mass is 35.5. The number of hydrogen-bond acceptors (Lipinski definition) is 8. The van der Waals surface area contributed by atoms with E-state index in [-0.39, 0.29) is 11.4 Å². The molecule has 0 saturated carbocycles. The van der Waals surface area contributed by atoms with Gasteiger partial charge in [-0.1, -0.05) is 11.6 Å². The number of rotatable bonds is 7. The summed E-state index contributed by atoms with van der Waals surface area (Å²) in [5.74, 6) is -1.60. The molecule has 0 aliphatic rings. The minimum Gasteiger partial charge on any atom is -0.321 e. The second-order valence-electron chi connectivity index (χ2n) is 8.71. The van der Waals surface area contributed by atoms with Crippen molar-refractivity contribution in [3.8, 4) is 17.3 Å². The minimum atomic E-state index is -1.05. The van der Waals surface area contributed by atoms with Crippen molar-refractivity contribution in [3.05, 3.63) is 73.6 Å². The maximum atomic E-state index is 13.3. The second-order valence-corrected chi connectivity index (χ2v) is 10.0. The summed E-state index contributed by atoms with van der Waals surface area (Å²) in [5.41, 5.74) is 4.90. The van der Waals surface area contributed by atoms with E-state index in [9.17, 15) is 20.2 Å². The number of nitriles is 1. The van der Waals surface area contributed by atoms with E-state index in [1.54, 1.807) is 35.7 Å². The molecule has 0 radical (unpaired) electrons. The highest BCUT2D eigenvalue weighted by molar-refractivity contribution is 7.10. The molecule has 0 bridgehead atoms. The van der Waals surface area contributed by atoms with Gasteiger partial charge in [0.2, 0.25) is 0 Å². The maximum Gasteiger partial charge on any atom is 0.273 e. The number of nitrogens with zero attached hydrogens (tertiary/aromatic N) is 4. The summed E-state index contributed by atoms with van der Waals surface area (Å²) in [5, 5.41) is 30.7. The summed E-state index contributed by atoms with van der Waals surface area (Å²) in [6.45, 7) is 7.46. The van der Waals surface area contributed by atoms with Gasteiger partial charge in [-0.05, 0) is 63.6 Å². The molecule has 2 aromatic carbocycles. The maximum absolute atomic E-state index is 13.3.